The normalized spacial score (nSPS) is 13.8. The summed E-state index contributed by atoms with van der Waals surface area (Å²) in [6.45, 7) is 5.10. The van der Waals surface area contributed by atoms with Crippen LogP contribution < -0.4 is 15.1 Å². The van der Waals surface area contributed by atoms with Gasteiger partial charge in [0.25, 0.3) is 0 Å². The molecule has 0 saturated carbocycles. The number of piperazine rings is 1. The Kier molecular flexibility index (Phi) is 7.12. The number of anilines is 3. The molecule has 2 aromatic carbocycles. The number of thioether (sulfide) groups is 1. The van der Waals surface area contributed by atoms with E-state index in [4.69, 9.17) is 11.6 Å². The van der Waals surface area contributed by atoms with Gasteiger partial charge in [-0.2, -0.15) is 0 Å². The smallest absolute Gasteiger partial charge is 0.234 e. The number of halogens is 2. The van der Waals surface area contributed by atoms with E-state index in [1.807, 2.05) is 30.3 Å². The lowest BCUT2D eigenvalue weighted by Crippen LogP contribution is -2.46. The van der Waals surface area contributed by atoms with Crippen LogP contribution >= 0.6 is 23.4 Å². The lowest BCUT2D eigenvalue weighted by molar-refractivity contribution is -0.113. The number of aromatic nitrogens is 2. The van der Waals surface area contributed by atoms with Crippen LogP contribution in [0.3, 0.4) is 0 Å². The summed E-state index contributed by atoms with van der Waals surface area (Å²) in [6.07, 6.45) is 0. The fourth-order valence-corrected chi connectivity index (χ4v) is 4.23. The molecule has 3 aromatic rings. The van der Waals surface area contributed by atoms with E-state index in [-0.39, 0.29) is 17.5 Å². The van der Waals surface area contributed by atoms with Crippen molar-refractivity contribution in [3.05, 3.63) is 71.0 Å². The van der Waals surface area contributed by atoms with Gasteiger partial charge in [0.1, 0.15) is 10.8 Å². The van der Waals surface area contributed by atoms with Gasteiger partial charge in [0.05, 0.1) is 5.75 Å². The third-order valence-corrected chi connectivity index (χ3v) is 6.36. The molecular weight excluding hydrogens is 449 g/mol. The number of amides is 1. The summed E-state index contributed by atoms with van der Waals surface area (Å²) in [5, 5.41) is 12.7. The van der Waals surface area contributed by atoms with Crippen LogP contribution in [0.15, 0.2) is 59.6 Å². The van der Waals surface area contributed by atoms with Crippen molar-refractivity contribution in [2.75, 3.05) is 47.0 Å². The molecule has 32 heavy (non-hydrogen) atoms. The summed E-state index contributed by atoms with van der Waals surface area (Å²) in [4.78, 5) is 16.6. The summed E-state index contributed by atoms with van der Waals surface area (Å²) in [6, 6.07) is 16.3. The summed E-state index contributed by atoms with van der Waals surface area (Å²) in [5.41, 5.74) is 2.11. The SMILES string of the molecule is Cc1ccc(NC(=O)CSc2ccc(N3CCN(c4cccc(Cl)c4)CC3)nn2)cc1F. The van der Waals surface area contributed by atoms with Crippen LogP contribution in [-0.4, -0.2) is 48.0 Å². The second-order valence-electron chi connectivity index (χ2n) is 7.48. The average Bonchev–Trinajstić information content (AvgIpc) is 2.81. The quantitative estimate of drug-likeness (QED) is 0.529. The van der Waals surface area contributed by atoms with Crippen LogP contribution in [0.1, 0.15) is 5.56 Å². The molecule has 0 atom stereocenters. The maximum atomic E-state index is 13.6. The number of hydrogen-bond acceptors (Lipinski definition) is 6. The van der Waals surface area contributed by atoms with Gasteiger partial charge < -0.3 is 15.1 Å². The molecule has 1 amide bonds. The number of carbonyl (C=O) groups excluding carboxylic acids is 1. The van der Waals surface area contributed by atoms with Crippen molar-refractivity contribution in [2.24, 2.45) is 0 Å². The zero-order chi connectivity index (χ0) is 22.5. The average molecular weight is 472 g/mol. The first kappa shape index (κ1) is 22.4. The third kappa shape index (κ3) is 5.69. The molecule has 4 rings (SSSR count). The van der Waals surface area contributed by atoms with E-state index in [1.165, 1.54) is 17.8 Å². The molecule has 1 aromatic heterocycles. The lowest BCUT2D eigenvalue weighted by atomic mass is 10.2. The van der Waals surface area contributed by atoms with Gasteiger partial charge in [0.2, 0.25) is 5.91 Å². The molecule has 0 aliphatic carbocycles. The number of nitrogens with one attached hydrogen (secondary N) is 1. The van der Waals surface area contributed by atoms with E-state index in [0.29, 0.717) is 16.3 Å². The van der Waals surface area contributed by atoms with E-state index in [1.54, 1.807) is 19.1 Å². The van der Waals surface area contributed by atoms with Crippen molar-refractivity contribution in [3.8, 4) is 0 Å². The summed E-state index contributed by atoms with van der Waals surface area (Å²) >= 11 is 7.39. The van der Waals surface area contributed by atoms with E-state index >= 15 is 0 Å². The number of nitrogens with zero attached hydrogens (tertiary/aromatic N) is 4. The maximum absolute atomic E-state index is 13.6. The minimum absolute atomic E-state index is 0.168. The minimum atomic E-state index is -0.342. The largest absolute Gasteiger partial charge is 0.368 e. The van der Waals surface area contributed by atoms with Crippen molar-refractivity contribution < 1.29 is 9.18 Å². The van der Waals surface area contributed by atoms with Gasteiger partial charge in [-0.05, 0) is 55.0 Å². The Hall–Kier alpha value is -2.84. The van der Waals surface area contributed by atoms with Gasteiger partial charge in [-0.1, -0.05) is 35.5 Å². The molecule has 2 heterocycles. The number of aryl methyl sites for hydroxylation is 1. The zero-order valence-corrected chi connectivity index (χ0v) is 19.2. The highest BCUT2D eigenvalue weighted by molar-refractivity contribution is 7.99. The Balaban J connectivity index is 1.26. The molecule has 1 N–H and O–H groups in total. The summed E-state index contributed by atoms with van der Waals surface area (Å²) in [5.74, 6) is 0.424. The topological polar surface area (TPSA) is 61.4 Å². The molecular formula is C23H23ClFN5OS. The molecule has 0 spiro atoms. The Morgan fingerprint density at radius 1 is 1.06 bits per heavy atom. The highest BCUT2D eigenvalue weighted by Gasteiger charge is 2.19. The van der Waals surface area contributed by atoms with Crippen molar-refractivity contribution in [1.29, 1.82) is 0 Å². The van der Waals surface area contributed by atoms with E-state index < -0.39 is 0 Å². The van der Waals surface area contributed by atoms with Crippen molar-refractivity contribution in [2.45, 2.75) is 11.9 Å². The number of carbonyl (C=O) groups is 1. The highest BCUT2D eigenvalue weighted by Crippen LogP contribution is 2.23. The van der Waals surface area contributed by atoms with Crippen LogP contribution in [-0.2, 0) is 4.79 Å². The van der Waals surface area contributed by atoms with Crippen LogP contribution in [0, 0.1) is 12.7 Å². The van der Waals surface area contributed by atoms with Crippen LogP contribution in [0.5, 0.6) is 0 Å². The van der Waals surface area contributed by atoms with Crippen LogP contribution in [0.4, 0.5) is 21.6 Å². The molecule has 166 valence electrons. The molecule has 1 aliphatic heterocycles. The maximum Gasteiger partial charge on any atom is 0.234 e. The molecule has 6 nitrogen and oxygen atoms in total. The highest BCUT2D eigenvalue weighted by atomic mass is 35.5. The van der Waals surface area contributed by atoms with Gasteiger partial charge >= 0.3 is 0 Å². The lowest BCUT2D eigenvalue weighted by Gasteiger charge is -2.36. The Bertz CT molecular complexity index is 1090. The predicted octanol–water partition coefficient (Wildman–Crippen LogP) is 4.63. The Morgan fingerprint density at radius 2 is 1.84 bits per heavy atom. The molecule has 0 radical (unpaired) electrons. The summed E-state index contributed by atoms with van der Waals surface area (Å²) < 4.78 is 13.6. The number of rotatable bonds is 6. The second kappa shape index (κ2) is 10.2. The van der Waals surface area contributed by atoms with E-state index in [2.05, 4.69) is 31.4 Å². The van der Waals surface area contributed by atoms with Crippen LogP contribution in [0.25, 0.3) is 0 Å². The third-order valence-electron chi connectivity index (χ3n) is 5.21. The monoisotopic (exact) mass is 471 g/mol. The molecule has 1 saturated heterocycles. The van der Waals surface area contributed by atoms with Crippen molar-refractivity contribution >= 4 is 46.5 Å². The standard InChI is InChI=1S/C23H23ClFN5OS/c1-16-5-6-18(14-20(16)25)26-22(31)15-32-23-8-7-21(27-28-23)30-11-9-29(10-12-30)19-4-2-3-17(24)13-19/h2-8,13-14H,9-12,15H2,1H3,(H,26,31). The van der Waals surface area contributed by atoms with Crippen molar-refractivity contribution in [1.82, 2.24) is 10.2 Å². The minimum Gasteiger partial charge on any atom is -0.368 e. The molecule has 1 aliphatic rings. The number of benzene rings is 2. The Morgan fingerprint density at radius 3 is 2.53 bits per heavy atom. The predicted molar refractivity (Wildman–Crippen MR) is 128 cm³/mol. The molecule has 0 bridgehead atoms. The fraction of sp³-hybridized carbons (Fsp3) is 0.261. The molecule has 9 heteroatoms. The first-order valence-electron chi connectivity index (χ1n) is 10.3. The van der Waals surface area contributed by atoms with Gasteiger partial charge in [-0.15, -0.1) is 10.2 Å². The first-order valence-corrected chi connectivity index (χ1v) is 11.6. The summed E-state index contributed by atoms with van der Waals surface area (Å²) in [7, 11) is 0. The van der Waals surface area contributed by atoms with Crippen molar-refractivity contribution in [3.63, 3.8) is 0 Å². The number of hydrogen-bond donors (Lipinski definition) is 1. The molecule has 1 fully saturated rings. The molecule has 0 unspecified atom stereocenters. The van der Waals surface area contributed by atoms with Gasteiger partial charge in [0, 0.05) is 42.6 Å². The van der Waals surface area contributed by atoms with E-state index in [0.717, 1.165) is 42.7 Å². The second-order valence-corrected chi connectivity index (χ2v) is 8.92. The van der Waals surface area contributed by atoms with Gasteiger partial charge in [-0.3, -0.25) is 4.79 Å². The Labute approximate surface area is 195 Å². The first-order chi connectivity index (χ1) is 15.5. The van der Waals surface area contributed by atoms with Crippen LogP contribution in [0.2, 0.25) is 5.02 Å². The van der Waals surface area contributed by atoms with Gasteiger partial charge in [-0.25, -0.2) is 4.39 Å². The zero-order valence-electron chi connectivity index (χ0n) is 17.6. The van der Waals surface area contributed by atoms with Gasteiger partial charge in [0.15, 0.2) is 5.82 Å². The van der Waals surface area contributed by atoms with E-state index in [9.17, 15) is 9.18 Å². The fourth-order valence-electron chi connectivity index (χ4n) is 3.43.